The standard InChI is InChI=1S/C15H23N3/c1-3-17-15(16-2)18-10-9-14(12-18)11-13-7-5-4-6-8-13/h4-8,14H,3,9-12H2,1-2H3,(H,16,17). The maximum Gasteiger partial charge on any atom is 0.193 e. The smallest absolute Gasteiger partial charge is 0.193 e. The molecular weight excluding hydrogens is 222 g/mol. The molecule has 98 valence electrons. The molecule has 3 heteroatoms. The largest absolute Gasteiger partial charge is 0.357 e. The SMILES string of the molecule is CCNC(=NC)N1CCC(Cc2ccccc2)C1. The van der Waals surface area contributed by atoms with Crippen LogP contribution in [0.5, 0.6) is 0 Å². The van der Waals surface area contributed by atoms with Crippen molar-refractivity contribution >= 4 is 5.96 Å². The van der Waals surface area contributed by atoms with Crippen LogP contribution in [0.3, 0.4) is 0 Å². The molecule has 0 bridgehead atoms. The van der Waals surface area contributed by atoms with Crippen molar-refractivity contribution in [1.82, 2.24) is 10.2 Å². The third-order valence-electron chi connectivity index (χ3n) is 3.50. The van der Waals surface area contributed by atoms with Crippen LogP contribution in [0, 0.1) is 5.92 Å². The first-order valence-corrected chi connectivity index (χ1v) is 6.83. The lowest BCUT2D eigenvalue weighted by atomic mass is 9.99. The van der Waals surface area contributed by atoms with Crippen LogP contribution in [0.4, 0.5) is 0 Å². The number of hydrogen-bond donors (Lipinski definition) is 1. The zero-order chi connectivity index (χ0) is 12.8. The average Bonchev–Trinajstić information content (AvgIpc) is 2.85. The Hall–Kier alpha value is -1.51. The molecule has 1 aliphatic heterocycles. The van der Waals surface area contributed by atoms with Crippen LogP contribution in [0.2, 0.25) is 0 Å². The molecule has 1 unspecified atom stereocenters. The maximum absolute atomic E-state index is 4.33. The van der Waals surface area contributed by atoms with Crippen molar-refractivity contribution in [3.8, 4) is 0 Å². The molecule has 3 nitrogen and oxygen atoms in total. The molecule has 1 saturated heterocycles. The van der Waals surface area contributed by atoms with Crippen LogP contribution >= 0.6 is 0 Å². The molecule has 1 fully saturated rings. The van der Waals surface area contributed by atoms with Gasteiger partial charge in [0.25, 0.3) is 0 Å². The van der Waals surface area contributed by atoms with Gasteiger partial charge in [-0.05, 0) is 31.2 Å². The minimum Gasteiger partial charge on any atom is -0.357 e. The minimum absolute atomic E-state index is 0.753. The van der Waals surface area contributed by atoms with E-state index in [1.165, 1.54) is 18.4 Å². The van der Waals surface area contributed by atoms with Crippen LogP contribution < -0.4 is 5.32 Å². The first-order chi connectivity index (χ1) is 8.83. The lowest BCUT2D eigenvalue weighted by Gasteiger charge is -2.21. The lowest BCUT2D eigenvalue weighted by molar-refractivity contribution is 0.461. The summed E-state index contributed by atoms with van der Waals surface area (Å²) >= 11 is 0. The highest BCUT2D eigenvalue weighted by Gasteiger charge is 2.24. The highest BCUT2D eigenvalue weighted by Crippen LogP contribution is 2.20. The van der Waals surface area contributed by atoms with Gasteiger partial charge in [-0.1, -0.05) is 30.3 Å². The van der Waals surface area contributed by atoms with Crippen LogP contribution in [0.25, 0.3) is 0 Å². The molecule has 0 spiro atoms. The van der Waals surface area contributed by atoms with Crippen molar-refractivity contribution in [2.45, 2.75) is 19.8 Å². The van der Waals surface area contributed by atoms with Gasteiger partial charge in [0.2, 0.25) is 0 Å². The molecule has 0 amide bonds. The van der Waals surface area contributed by atoms with Gasteiger partial charge >= 0.3 is 0 Å². The first kappa shape index (κ1) is 12.9. The van der Waals surface area contributed by atoms with Crippen molar-refractivity contribution in [2.24, 2.45) is 10.9 Å². The van der Waals surface area contributed by atoms with Gasteiger partial charge in [0.05, 0.1) is 0 Å². The number of nitrogens with zero attached hydrogens (tertiary/aromatic N) is 2. The Bertz CT molecular complexity index is 386. The summed E-state index contributed by atoms with van der Waals surface area (Å²) in [5.74, 6) is 1.80. The lowest BCUT2D eigenvalue weighted by Crippen LogP contribution is -2.39. The number of nitrogens with one attached hydrogen (secondary N) is 1. The van der Waals surface area contributed by atoms with Crippen LogP contribution in [-0.2, 0) is 6.42 Å². The Morgan fingerprint density at radius 2 is 2.17 bits per heavy atom. The predicted molar refractivity (Wildman–Crippen MR) is 76.9 cm³/mol. The highest BCUT2D eigenvalue weighted by atomic mass is 15.3. The van der Waals surface area contributed by atoms with E-state index in [0.29, 0.717) is 0 Å². The van der Waals surface area contributed by atoms with Crippen LogP contribution in [0.1, 0.15) is 18.9 Å². The normalized spacial score (nSPS) is 20.2. The fourth-order valence-electron chi connectivity index (χ4n) is 2.63. The Balaban J connectivity index is 1.88. The number of likely N-dealkylation sites (tertiary alicyclic amines) is 1. The van der Waals surface area contributed by atoms with Crippen molar-refractivity contribution in [1.29, 1.82) is 0 Å². The van der Waals surface area contributed by atoms with E-state index in [0.717, 1.165) is 31.5 Å². The third-order valence-corrected chi connectivity index (χ3v) is 3.50. The summed E-state index contributed by atoms with van der Waals surface area (Å²) in [6, 6.07) is 10.8. The number of rotatable bonds is 3. The summed E-state index contributed by atoms with van der Waals surface area (Å²) in [6.45, 7) is 5.29. The molecule has 0 radical (unpaired) electrons. The molecule has 1 N–H and O–H groups in total. The zero-order valence-electron chi connectivity index (χ0n) is 11.4. The molecule has 1 aromatic rings. The Morgan fingerprint density at radius 1 is 1.39 bits per heavy atom. The average molecular weight is 245 g/mol. The van der Waals surface area contributed by atoms with Gasteiger partial charge < -0.3 is 10.2 Å². The summed E-state index contributed by atoms with van der Waals surface area (Å²) in [4.78, 5) is 6.70. The Kier molecular flexibility index (Phi) is 4.62. The van der Waals surface area contributed by atoms with Crippen LogP contribution in [-0.4, -0.2) is 37.5 Å². The second-order valence-electron chi connectivity index (χ2n) is 4.87. The predicted octanol–water partition coefficient (Wildman–Crippen LogP) is 2.15. The summed E-state index contributed by atoms with van der Waals surface area (Å²) < 4.78 is 0. The molecule has 0 saturated carbocycles. The van der Waals surface area contributed by atoms with Gasteiger partial charge in [-0.3, -0.25) is 4.99 Å². The number of aliphatic imine (C=N–C) groups is 1. The Morgan fingerprint density at radius 3 is 2.83 bits per heavy atom. The van der Waals surface area contributed by atoms with Gasteiger partial charge in [-0.2, -0.15) is 0 Å². The minimum atomic E-state index is 0.753. The zero-order valence-corrected chi connectivity index (χ0v) is 11.4. The number of hydrogen-bond acceptors (Lipinski definition) is 1. The van der Waals surface area contributed by atoms with Gasteiger partial charge in [0, 0.05) is 26.7 Å². The van der Waals surface area contributed by atoms with E-state index in [1.807, 2.05) is 7.05 Å². The molecule has 0 aliphatic carbocycles. The summed E-state index contributed by atoms with van der Waals surface area (Å²) in [6.07, 6.45) is 2.44. The second kappa shape index (κ2) is 6.43. The summed E-state index contributed by atoms with van der Waals surface area (Å²) in [7, 11) is 1.86. The number of guanidine groups is 1. The van der Waals surface area contributed by atoms with Gasteiger partial charge in [0.1, 0.15) is 0 Å². The summed E-state index contributed by atoms with van der Waals surface area (Å²) in [5.41, 5.74) is 1.45. The van der Waals surface area contributed by atoms with E-state index >= 15 is 0 Å². The number of benzene rings is 1. The maximum atomic E-state index is 4.33. The fraction of sp³-hybridized carbons (Fsp3) is 0.533. The molecule has 1 aliphatic rings. The molecule has 1 atom stereocenters. The van der Waals surface area contributed by atoms with Crippen molar-refractivity contribution in [3.63, 3.8) is 0 Å². The molecule has 1 aromatic carbocycles. The van der Waals surface area contributed by atoms with Crippen molar-refractivity contribution < 1.29 is 0 Å². The van der Waals surface area contributed by atoms with E-state index in [1.54, 1.807) is 0 Å². The highest BCUT2D eigenvalue weighted by molar-refractivity contribution is 5.80. The molecule has 0 aromatic heterocycles. The van der Waals surface area contributed by atoms with E-state index < -0.39 is 0 Å². The van der Waals surface area contributed by atoms with E-state index in [9.17, 15) is 0 Å². The van der Waals surface area contributed by atoms with Gasteiger partial charge in [0.15, 0.2) is 5.96 Å². The monoisotopic (exact) mass is 245 g/mol. The quantitative estimate of drug-likeness (QED) is 0.652. The van der Waals surface area contributed by atoms with Gasteiger partial charge in [-0.15, -0.1) is 0 Å². The second-order valence-corrected chi connectivity index (χ2v) is 4.87. The third kappa shape index (κ3) is 3.25. The Labute approximate surface area is 110 Å². The molecule has 18 heavy (non-hydrogen) atoms. The topological polar surface area (TPSA) is 27.6 Å². The first-order valence-electron chi connectivity index (χ1n) is 6.83. The molecular formula is C15H23N3. The van der Waals surface area contributed by atoms with E-state index in [-0.39, 0.29) is 0 Å². The fourth-order valence-corrected chi connectivity index (χ4v) is 2.63. The van der Waals surface area contributed by atoms with Crippen molar-refractivity contribution in [3.05, 3.63) is 35.9 Å². The van der Waals surface area contributed by atoms with E-state index in [4.69, 9.17) is 0 Å². The van der Waals surface area contributed by atoms with Gasteiger partial charge in [-0.25, -0.2) is 0 Å². The molecule has 1 heterocycles. The van der Waals surface area contributed by atoms with Crippen molar-refractivity contribution in [2.75, 3.05) is 26.7 Å². The van der Waals surface area contributed by atoms with E-state index in [2.05, 4.69) is 52.5 Å². The van der Waals surface area contributed by atoms with Crippen LogP contribution in [0.15, 0.2) is 35.3 Å². The molecule has 2 rings (SSSR count). The summed E-state index contributed by atoms with van der Waals surface area (Å²) in [5, 5.41) is 3.33.